The molecule has 2 heteroatoms. The zero-order valence-electron chi connectivity index (χ0n) is 11.9. The van der Waals surface area contributed by atoms with E-state index in [1.54, 1.807) is 13.8 Å². The number of rotatable bonds is 3. The van der Waals surface area contributed by atoms with E-state index < -0.39 is 5.60 Å². The SMILES string of the molecule is CC(C)=C(C)C(=O)C(C)C(C)(O)C(C)(C)C. The molecule has 2 nitrogen and oxygen atoms in total. The first-order chi connectivity index (χ1) is 6.93. The number of ketones is 1. The maximum absolute atomic E-state index is 12.2. The molecule has 0 saturated heterocycles. The summed E-state index contributed by atoms with van der Waals surface area (Å²) in [6.07, 6.45) is 0. The van der Waals surface area contributed by atoms with Crippen molar-refractivity contribution in [3.63, 3.8) is 0 Å². The van der Waals surface area contributed by atoms with Gasteiger partial charge in [0, 0.05) is 5.92 Å². The lowest BCUT2D eigenvalue weighted by molar-refractivity contribution is -0.136. The van der Waals surface area contributed by atoms with Gasteiger partial charge in [-0.2, -0.15) is 0 Å². The van der Waals surface area contributed by atoms with Gasteiger partial charge in [0.05, 0.1) is 5.60 Å². The third kappa shape index (κ3) is 2.94. The molecule has 0 fully saturated rings. The molecule has 0 aromatic carbocycles. The summed E-state index contributed by atoms with van der Waals surface area (Å²) >= 11 is 0. The minimum Gasteiger partial charge on any atom is -0.389 e. The molecule has 0 aliphatic carbocycles. The molecule has 0 saturated carbocycles. The largest absolute Gasteiger partial charge is 0.389 e. The molecule has 2 unspecified atom stereocenters. The number of hydrogen-bond donors (Lipinski definition) is 1. The summed E-state index contributed by atoms with van der Waals surface area (Å²) in [4.78, 5) is 12.2. The zero-order chi connectivity index (χ0) is 13.3. The van der Waals surface area contributed by atoms with Gasteiger partial charge in [0.1, 0.15) is 0 Å². The Labute approximate surface area is 99.7 Å². The van der Waals surface area contributed by atoms with E-state index in [4.69, 9.17) is 0 Å². The topological polar surface area (TPSA) is 37.3 Å². The van der Waals surface area contributed by atoms with Crippen molar-refractivity contribution in [2.24, 2.45) is 11.3 Å². The van der Waals surface area contributed by atoms with Gasteiger partial charge >= 0.3 is 0 Å². The summed E-state index contributed by atoms with van der Waals surface area (Å²) in [6.45, 7) is 15.1. The summed E-state index contributed by atoms with van der Waals surface area (Å²) in [7, 11) is 0. The first-order valence-electron chi connectivity index (χ1n) is 5.83. The molecule has 0 aliphatic rings. The van der Waals surface area contributed by atoms with Gasteiger partial charge in [0.25, 0.3) is 0 Å². The van der Waals surface area contributed by atoms with Crippen molar-refractivity contribution in [3.8, 4) is 0 Å². The molecule has 1 N–H and O–H groups in total. The second-order valence-electron chi connectivity index (χ2n) is 6.11. The normalized spacial score (nSPS) is 17.6. The molecule has 0 aromatic rings. The van der Waals surface area contributed by atoms with E-state index in [1.165, 1.54) is 0 Å². The Morgan fingerprint density at radius 1 is 1.06 bits per heavy atom. The van der Waals surface area contributed by atoms with Crippen molar-refractivity contribution in [1.82, 2.24) is 0 Å². The highest BCUT2D eigenvalue weighted by atomic mass is 16.3. The predicted octanol–water partition coefficient (Wildman–Crippen LogP) is 3.35. The fraction of sp³-hybridized carbons (Fsp3) is 0.786. The highest BCUT2D eigenvalue weighted by Crippen LogP contribution is 2.37. The van der Waals surface area contributed by atoms with Gasteiger partial charge in [0.2, 0.25) is 0 Å². The summed E-state index contributed by atoms with van der Waals surface area (Å²) in [5, 5.41) is 10.5. The second kappa shape index (κ2) is 4.70. The second-order valence-corrected chi connectivity index (χ2v) is 6.11. The lowest BCUT2D eigenvalue weighted by Gasteiger charge is -2.41. The van der Waals surface area contributed by atoms with Crippen LogP contribution in [0.25, 0.3) is 0 Å². The molecule has 2 atom stereocenters. The highest BCUT2D eigenvalue weighted by Gasteiger charge is 2.43. The quantitative estimate of drug-likeness (QED) is 0.749. The molecule has 0 aromatic heterocycles. The maximum atomic E-state index is 12.2. The Bertz CT molecular complexity index is 299. The zero-order valence-corrected chi connectivity index (χ0v) is 11.9. The van der Waals surface area contributed by atoms with Gasteiger partial charge in [-0.3, -0.25) is 4.79 Å². The van der Waals surface area contributed by atoms with Crippen molar-refractivity contribution >= 4 is 5.78 Å². The first-order valence-corrected chi connectivity index (χ1v) is 5.83. The average Bonchev–Trinajstić information content (AvgIpc) is 2.12. The molecule has 0 aliphatic heterocycles. The molecule has 94 valence electrons. The van der Waals surface area contributed by atoms with Crippen LogP contribution in [0.4, 0.5) is 0 Å². The minimum atomic E-state index is -0.999. The van der Waals surface area contributed by atoms with Crippen LogP contribution in [0.2, 0.25) is 0 Å². The van der Waals surface area contributed by atoms with Crippen LogP contribution in [0.5, 0.6) is 0 Å². The molecule has 0 radical (unpaired) electrons. The minimum absolute atomic E-state index is 0.0416. The van der Waals surface area contributed by atoms with Crippen LogP contribution >= 0.6 is 0 Å². The van der Waals surface area contributed by atoms with Crippen molar-refractivity contribution < 1.29 is 9.90 Å². The lowest BCUT2D eigenvalue weighted by Crippen LogP contribution is -2.48. The average molecular weight is 226 g/mol. The van der Waals surface area contributed by atoms with Gasteiger partial charge in [-0.15, -0.1) is 0 Å². The molecule has 0 heterocycles. The van der Waals surface area contributed by atoms with Crippen LogP contribution in [0.15, 0.2) is 11.1 Å². The van der Waals surface area contributed by atoms with E-state index in [9.17, 15) is 9.90 Å². The van der Waals surface area contributed by atoms with Crippen molar-refractivity contribution in [2.75, 3.05) is 0 Å². The summed E-state index contributed by atoms with van der Waals surface area (Å²) in [5.74, 6) is -0.345. The molecule has 16 heavy (non-hydrogen) atoms. The number of aliphatic hydroxyl groups is 1. The monoisotopic (exact) mass is 226 g/mol. The third-order valence-corrected chi connectivity index (χ3v) is 3.87. The number of allylic oxidation sites excluding steroid dienone is 2. The van der Waals surface area contributed by atoms with E-state index in [0.717, 1.165) is 11.1 Å². The first kappa shape index (κ1) is 15.4. The number of carbonyl (C=O) groups excluding carboxylic acids is 1. The summed E-state index contributed by atoms with van der Waals surface area (Å²) in [6, 6.07) is 0. The Balaban J connectivity index is 5.18. The van der Waals surface area contributed by atoms with Crippen LogP contribution in [-0.4, -0.2) is 16.5 Å². The van der Waals surface area contributed by atoms with Gasteiger partial charge in [0.15, 0.2) is 5.78 Å². The number of carbonyl (C=O) groups is 1. The lowest BCUT2D eigenvalue weighted by atomic mass is 9.68. The van der Waals surface area contributed by atoms with Crippen LogP contribution in [0.3, 0.4) is 0 Å². The van der Waals surface area contributed by atoms with E-state index in [1.807, 2.05) is 41.5 Å². The Morgan fingerprint density at radius 2 is 1.44 bits per heavy atom. The van der Waals surface area contributed by atoms with E-state index in [2.05, 4.69) is 0 Å². The molecule has 0 bridgehead atoms. The van der Waals surface area contributed by atoms with Crippen molar-refractivity contribution in [2.45, 2.75) is 61.0 Å². The van der Waals surface area contributed by atoms with Crippen LogP contribution in [0.1, 0.15) is 55.4 Å². The molecule has 0 amide bonds. The fourth-order valence-corrected chi connectivity index (χ4v) is 1.48. The van der Waals surface area contributed by atoms with Crippen LogP contribution in [-0.2, 0) is 4.79 Å². The molecular weight excluding hydrogens is 200 g/mol. The standard InChI is InChI=1S/C14H26O2/c1-9(2)10(3)12(15)11(4)14(8,16)13(5,6)7/h11,16H,1-8H3. The fourth-order valence-electron chi connectivity index (χ4n) is 1.48. The summed E-state index contributed by atoms with van der Waals surface area (Å²) in [5.41, 5.74) is 0.462. The Kier molecular flexibility index (Phi) is 4.52. The van der Waals surface area contributed by atoms with Gasteiger partial charge in [-0.05, 0) is 38.7 Å². The van der Waals surface area contributed by atoms with Crippen LogP contribution < -0.4 is 0 Å². The van der Waals surface area contributed by atoms with Gasteiger partial charge < -0.3 is 5.11 Å². The predicted molar refractivity (Wildman–Crippen MR) is 68.3 cm³/mol. The maximum Gasteiger partial charge on any atom is 0.164 e. The molecule has 0 spiro atoms. The van der Waals surface area contributed by atoms with Gasteiger partial charge in [-0.25, -0.2) is 0 Å². The number of hydrogen-bond acceptors (Lipinski definition) is 2. The third-order valence-electron chi connectivity index (χ3n) is 3.87. The van der Waals surface area contributed by atoms with Crippen molar-refractivity contribution in [3.05, 3.63) is 11.1 Å². The highest BCUT2D eigenvalue weighted by molar-refractivity contribution is 5.97. The Morgan fingerprint density at radius 3 is 1.69 bits per heavy atom. The smallest absolute Gasteiger partial charge is 0.164 e. The van der Waals surface area contributed by atoms with Crippen LogP contribution in [0, 0.1) is 11.3 Å². The Hall–Kier alpha value is -0.630. The molecular formula is C14H26O2. The van der Waals surface area contributed by atoms with E-state index in [0.29, 0.717) is 0 Å². The molecule has 0 rings (SSSR count). The van der Waals surface area contributed by atoms with Crippen molar-refractivity contribution in [1.29, 1.82) is 0 Å². The number of Topliss-reactive ketones (excluding diaryl/α,β-unsaturated/α-hetero) is 1. The van der Waals surface area contributed by atoms with E-state index >= 15 is 0 Å². The van der Waals surface area contributed by atoms with Gasteiger partial charge in [-0.1, -0.05) is 33.3 Å². The van der Waals surface area contributed by atoms with E-state index in [-0.39, 0.29) is 17.1 Å². The summed E-state index contributed by atoms with van der Waals surface area (Å²) < 4.78 is 0.